The number of nitrogens with one attached hydrogen (secondary N) is 1. The maximum Gasteiger partial charge on any atom is 0.321 e. The Hall–Kier alpha value is -1.75. The monoisotopic (exact) mass is 317 g/mol. The molecular weight excluding hydrogens is 290 g/mol. The highest BCUT2D eigenvalue weighted by atomic mass is 16.5. The number of likely N-dealkylation sites (N-methyl/N-ethyl adjacent to an activating group) is 1. The van der Waals surface area contributed by atoms with E-state index in [9.17, 15) is 4.79 Å². The molecule has 1 heterocycles. The summed E-state index contributed by atoms with van der Waals surface area (Å²) in [6.45, 7) is 4.20. The molecule has 0 aromatic heterocycles. The van der Waals surface area contributed by atoms with E-state index in [1.165, 1.54) is 25.7 Å². The Morgan fingerprint density at radius 2 is 2.04 bits per heavy atom. The first kappa shape index (κ1) is 16.1. The van der Waals surface area contributed by atoms with Gasteiger partial charge in [-0.05, 0) is 43.7 Å². The third kappa shape index (κ3) is 4.61. The number of hydrogen-bond acceptors (Lipinski definition) is 3. The van der Waals surface area contributed by atoms with Gasteiger partial charge in [0.25, 0.3) is 0 Å². The van der Waals surface area contributed by atoms with Crippen molar-refractivity contribution in [1.29, 1.82) is 0 Å². The molecule has 2 aliphatic rings. The van der Waals surface area contributed by atoms with E-state index in [-0.39, 0.29) is 6.03 Å². The molecule has 3 rings (SSSR count). The van der Waals surface area contributed by atoms with Crippen molar-refractivity contribution in [3.63, 3.8) is 0 Å². The number of carbonyl (C=O) groups is 1. The molecule has 0 atom stereocenters. The summed E-state index contributed by atoms with van der Waals surface area (Å²) < 4.78 is 5.60. The van der Waals surface area contributed by atoms with Gasteiger partial charge in [0.2, 0.25) is 0 Å². The normalized spacial score (nSPS) is 17.3. The van der Waals surface area contributed by atoms with Crippen LogP contribution in [0.15, 0.2) is 24.3 Å². The minimum atomic E-state index is -0.0772. The molecule has 5 nitrogen and oxygen atoms in total. The molecule has 5 heteroatoms. The predicted octanol–water partition coefficient (Wildman–Crippen LogP) is 3.18. The smallest absolute Gasteiger partial charge is 0.321 e. The number of rotatable bonds is 7. The van der Waals surface area contributed by atoms with Gasteiger partial charge in [-0.3, -0.25) is 0 Å². The first-order valence-corrected chi connectivity index (χ1v) is 8.68. The second kappa shape index (κ2) is 7.68. The second-order valence-corrected chi connectivity index (χ2v) is 6.58. The third-order valence-electron chi connectivity index (χ3n) is 4.56. The fourth-order valence-electron chi connectivity index (χ4n) is 2.86. The second-order valence-electron chi connectivity index (χ2n) is 6.58. The summed E-state index contributed by atoms with van der Waals surface area (Å²) in [7, 11) is 1.81. The summed E-state index contributed by atoms with van der Waals surface area (Å²) in [6, 6.07) is 7.97. The fraction of sp³-hybridized carbons (Fsp3) is 0.611. The van der Waals surface area contributed by atoms with Gasteiger partial charge in [-0.2, -0.15) is 0 Å². The highest BCUT2D eigenvalue weighted by molar-refractivity contribution is 5.93. The maximum absolute atomic E-state index is 12.4. The Kier molecular flexibility index (Phi) is 5.39. The molecule has 0 bridgehead atoms. The van der Waals surface area contributed by atoms with E-state index < -0.39 is 0 Å². The summed E-state index contributed by atoms with van der Waals surface area (Å²) in [5, 5.41) is 3.04. The van der Waals surface area contributed by atoms with E-state index in [4.69, 9.17) is 4.74 Å². The number of amides is 2. The van der Waals surface area contributed by atoms with Crippen molar-refractivity contribution in [2.45, 2.75) is 25.7 Å². The van der Waals surface area contributed by atoms with Crippen LogP contribution in [0.3, 0.4) is 0 Å². The van der Waals surface area contributed by atoms with Gasteiger partial charge in [-0.1, -0.05) is 12.1 Å². The molecule has 1 aliphatic heterocycles. The van der Waals surface area contributed by atoms with Crippen molar-refractivity contribution in [2.24, 2.45) is 5.92 Å². The molecule has 2 fully saturated rings. The average Bonchev–Trinajstić information content (AvgIpc) is 3.23. The zero-order chi connectivity index (χ0) is 16.1. The van der Waals surface area contributed by atoms with Crippen molar-refractivity contribution >= 4 is 17.4 Å². The molecule has 1 saturated carbocycles. The quantitative estimate of drug-likeness (QED) is 0.786. The first-order valence-electron chi connectivity index (χ1n) is 8.68. The summed E-state index contributed by atoms with van der Waals surface area (Å²) >= 11 is 0. The van der Waals surface area contributed by atoms with Gasteiger partial charge in [0.15, 0.2) is 0 Å². The molecule has 0 radical (unpaired) electrons. The number of carbonyl (C=O) groups excluding carboxylic acids is 1. The van der Waals surface area contributed by atoms with Gasteiger partial charge in [0.05, 0.1) is 18.0 Å². The summed E-state index contributed by atoms with van der Waals surface area (Å²) in [5.74, 6) is 0.765. The Bertz CT molecular complexity index is 525. The van der Waals surface area contributed by atoms with Crippen molar-refractivity contribution in [2.75, 3.05) is 50.1 Å². The van der Waals surface area contributed by atoms with Crippen LogP contribution in [0.5, 0.6) is 0 Å². The highest BCUT2D eigenvalue weighted by Gasteiger charge is 2.21. The van der Waals surface area contributed by atoms with Gasteiger partial charge < -0.3 is 19.9 Å². The molecule has 23 heavy (non-hydrogen) atoms. The summed E-state index contributed by atoms with van der Waals surface area (Å²) in [6.07, 6.45) is 5.04. The molecule has 126 valence electrons. The molecule has 0 spiro atoms. The lowest BCUT2D eigenvalue weighted by Gasteiger charge is -2.23. The lowest BCUT2D eigenvalue weighted by molar-refractivity contribution is 0.109. The standard InChI is InChI=1S/C18H27N3O2/c1-20(12-13-23-14-15-8-9-15)18(22)19-16-6-2-3-7-17(16)21-10-4-5-11-21/h2-3,6-7,15H,4-5,8-14H2,1H3,(H,19,22). The van der Waals surface area contributed by atoms with Gasteiger partial charge in [0.1, 0.15) is 0 Å². The lowest BCUT2D eigenvalue weighted by Crippen LogP contribution is -2.34. The van der Waals surface area contributed by atoms with Crippen LogP contribution >= 0.6 is 0 Å². The Morgan fingerprint density at radius 3 is 2.78 bits per heavy atom. The number of ether oxygens (including phenoxy) is 1. The van der Waals surface area contributed by atoms with E-state index in [0.29, 0.717) is 13.2 Å². The van der Waals surface area contributed by atoms with E-state index in [1.807, 2.05) is 25.2 Å². The molecule has 2 amide bonds. The Balaban J connectivity index is 1.50. The van der Waals surface area contributed by atoms with Crippen LogP contribution in [0, 0.1) is 5.92 Å². The van der Waals surface area contributed by atoms with Crippen LogP contribution in [0.25, 0.3) is 0 Å². The van der Waals surface area contributed by atoms with E-state index >= 15 is 0 Å². The van der Waals surface area contributed by atoms with E-state index in [2.05, 4.69) is 16.3 Å². The first-order chi connectivity index (χ1) is 11.2. The number of nitrogens with zero attached hydrogens (tertiary/aromatic N) is 2. The molecule has 0 unspecified atom stereocenters. The largest absolute Gasteiger partial charge is 0.379 e. The van der Waals surface area contributed by atoms with Crippen molar-refractivity contribution in [1.82, 2.24) is 4.90 Å². The molecule has 1 saturated heterocycles. The number of urea groups is 1. The minimum absolute atomic E-state index is 0.0772. The minimum Gasteiger partial charge on any atom is -0.379 e. The van der Waals surface area contributed by atoms with E-state index in [0.717, 1.165) is 37.0 Å². The number of benzene rings is 1. The topological polar surface area (TPSA) is 44.8 Å². The fourth-order valence-corrected chi connectivity index (χ4v) is 2.86. The van der Waals surface area contributed by atoms with Crippen LogP contribution in [0.1, 0.15) is 25.7 Å². The predicted molar refractivity (Wildman–Crippen MR) is 93.1 cm³/mol. The summed E-state index contributed by atoms with van der Waals surface area (Å²) in [4.78, 5) is 16.4. The number of hydrogen-bond donors (Lipinski definition) is 1. The maximum atomic E-state index is 12.4. The van der Waals surface area contributed by atoms with Gasteiger partial charge in [-0.15, -0.1) is 0 Å². The number of para-hydroxylation sites is 2. The van der Waals surface area contributed by atoms with Crippen LogP contribution in [0.2, 0.25) is 0 Å². The van der Waals surface area contributed by atoms with Crippen LogP contribution in [-0.4, -0.2) is 50.8 Å². The van der Waals surface area contributed by atoms with Crippen LogP contribution in [0.4, 0.5) is 16.2 Å². The van der Waals surface area contributed by atoms with Crippen molar-refractivity contribution in [3.8, 4) is 0 Å². The zero-order valence-corrected chi connectivity index (χ0v) is 14.0. The van der Waals surface area contributed by atoms with Gasteiger partial charge in [0, 0.05) is 33.3 Å². The van der Waals surface area contributed by atoms with Gasteiger partial charge >= 0.3 is 6.03 Å². The van der Waals surface area contributed by atoms with Crippen LogP contribution in [-0.2, 0) is 4.74 Å². The SMILES string of the molecule is CN(CCOCC1CC1)C(=O)Nc1ccccc1N1CCCC1. The Labute approximate surface area is 138 Å². The van der Waals surface area contributed by atoms with Crippen molar-refractivity contribution < 1.29 is 9.53 Å². The van der Waals surface area contributed by atoms with Crippen molar-refractivity contribution in [3.05, 3.63) is 24.3 Å². The molecule has 1 aliphatic carbocycles. The lowest BCUT2D eigenvalue weighted by atomic mass is 10.2. The number of anilines is 2. The summed E-state index contributed by atoms with van der Waals surface area (Å²) in [5.41, 5.74) is 2.02. The van der Waals surface area contributed by atoms with Crippen LogP contribution < -0.4 is 10.2 Å². The van der Waals surface area contributed by atoms with E-state index in [1.54, 1.807) is 4.90 Å². The molecule has 1 aromatic carbocycles. The highest BCUT2D eigenvalue weighted by Crippen LogP contribution is 2.29. The van der Waals surface area contributed by atoms with Gasteiger partial charge in [-0.25, -0.2) is 4.79 Å². The zero-order valence-electron chi connectivity index (χ0n) is 14.0. The average molecular weight is 317 g/mol. The molecule has 1 aromatic rings. The Morgan fingerprint density at radius 1 is 1.30 bits per heavy atom. The molecule has 1 N–H and O–H groups in total. The molecular formula is C18H27N3O2. The third-order valence-corrected chi connectivity index (χ3v) is 4.56.